The Hall–Kier alpha value is -2.67. The van der Waals surface area contributed by atoms with E-state index in [2.05, 4.69) is 11.5 Å². The molecule has 36 heavy (non-hydrogen) atoms. The lowest BCUT2D eigenvalue weighted by Gasteiger charge is -2.36. The van der Waals surface area contributed by atoms with Crippen molar-refractivity contribution in [3.8, 4) is 0 Å². The van der Waals surface area contributed by atoms with Crippen molar-refractivity contribution in [1.82, 2.24) is 14.4 Å². The van der Waals surface area contributed by atoms with Crippen LogP contribution < -0.4 is 0 Å². The molecule has 0 bridgehead atoms. The van der Waals surface area contributed by atoms with Crippen molar-refractivity contribution in [1.29, 1.82) is 0 Å². The number of methoxy groups -OCH3 is 1. The molecule has 0 saturated heterocycles. The first-order chi connectivity index (χ1) is 17.5. The van der Waals surface area contributed by atoms with Crippen LogP contribution in [0.4, 0.5) is 4.39 Å². The summed E-state index contributed by atoms with van der Waals surface area (Å²) in [5.41, 5.74) is 2.05. The van der Waals surface area contributed by atoms with Crippen molar-refractivity contribution >= 4 is 11.8 Å². The van der Waals surface area contributed by atoms with Crippen LogP contribution in [0.25, 0.3) is 0 Å². The maximum Gasteiger partial charge on any atom is 0.242 e. The quantitative estimate of drug-likeness (QED) is 0.328. The van der Waals surface area contributed by atoms with Crippen LogP contribution in [0.2, 0.25) is 0 Å². The first kappa shape index (κ1) is 27.9. The fourth-order valence-electron chi connectivity index (χ4n) is 4.95. The zero-order valence-electron chi connectivity index (χ0n) is 22.0. The highest BCUT2D eigenvalue weighted by molar-refractivity contribution is 5.85. The molecule has 0 radical (unpaired) electrons. The molecule has 1 heterocycles. The Kier molecular flexibility index (Phi) is 11.5. The van der Waals surface area contributed by atoms with Crippen LogP contribution in [0.1, 0.15) is 76.0 Å². The summed E-state index contributed by atoms with van der Waals surface area (Å²) in [6.07, 6.45) is 10.8. The third-order valence-corrected chi connectivity index (χ3v) is 7.10. The molecule has 1 aliphatic rings. The highest BCUT2D eigenvalue weighted by Gasteiger charge is 2.28. The van der Waals surface area contributed by atoms with Gasteiger partial charge >= 0.3 is 0 Å². The predicted octanol–water partition coefficient (Wildman–Crippen LogP) is 5.39. The number of halogens is 1. The van der Waals surface area contributed by atoms with E-state index in [-0.39, 0.29) is 30.2 Å². The lowest BCUT2D eigenvalue weighted by Crippen LogP contribution is -2.48. The summed E-state index contributed by atoms with van der Waals surface area (Å²) in [7, 11) is 1.62. The first-order valence-corrected chi connectivity index (χ1v) is 13.5. The predicted molar refractivity (Wildman–Crippen MR) is 140 cm³/mol. The topological polar surface area (TPSA) is 54.8 Å². The van der Waals surface area contributed by atoms with Gasteiger partial charge < -0.3 is 19.1 Å². The Morgan fingerprint density at radius 3 is 2.50 bits per heavy atom. The Balaban J connectivity index is 1.75. The van der Waals surface area contributed by atoms with Crippen LogP contribution in [0.15, 0.2) is 42.6 Å². The van der Waals surface area contributed by atoms with E-state index < -0.39 is 0 Å². The summed E-state index contributed by atoms with van der Waals surface area (Å²) in [4.78, 5) is 30.3. The van der Waals surface area contributed by atoms with Gasteiger partial charge in [-0.2, -0.15) is 0 Å². The molecule has 1 aromatic carbocycles. The molecule has 0 aliphatic heterocycles. The Bertz CT molecular complexity index is 937. The molecular formula is C29H42FN3O3. The van der Waals surface area contributed by atoms with Crippen molar-refractivity contribution < 1.29 is 18.7 Å². The number of carbonyl (C=O) groups is 2. The fourth-order valence-corrected chi connectivity index (χ4v) is 4.95. The monoisotopic (exact) mass is 499 g/mol. The van der Waals surface area contributed by atoms with E-state index in [1.807, 2.05) is 23.2 Å². The average molecular weight is 500 g/mol. The molecule has 7 heteroatoms. The molecule has 2 aromatic rings. The summed E-state index contributed by atoms with van der Waals surface area (Å²) < 4.78 is 20.7. The van der Waals surface area contributed by atoms with Crippen LogP contribution in [-0.4, -0.2) is 59.0 Å². The molecule has 3 rings (SSSR count). The number of hydrogen-bond acceptors (Lipinski definition) is 3. The van der Waals surface area contributed by atoms with Gasteiger partial charge in [0.15, 0.2) is 0 Å². The third-order valence-electron chi connectivity index (χ3n) is 7.10. The minimum atomic E-state index is -0.247. The second kappa shape index (κ2) is 14.8. The Morgan fingerprint density at radius 2 is 1.81 bits per heavy atom. The van der Waals surface area contributed by atoms with Gasteiger partial charge in [0.2, 0.25) is 11.8 Å². The number of benzene rings is 1. The van der Waals surface area contributed by atoms with Gasteiger partial charge in [-0.05, 0) is 49.1 Å². The second-order valence-electron chi connectivity index (χ2n) is 9.83. The van der Waals surface area contributed by atoms with Gasteiger partial charge in [-0.25, -0.2) is 4.39 Å². The maximum absolute atomic E-state index is 13.7. The molecule has 2 amide bonds. The van der Waals surface area contributed by atoms with Crippen molar-refractivity contribution in [2.45, 2.75) is 83.8 Å². The number of amides is 2. The third kappa shape index (κ3) is 8.47. The van der Waals surface area contributed by atoms with Gasteiger partial charge in [-0.3, -0.25) is 9.59 Å². The van der Waals surface area contributed by atoms with Crippen LogP contribution in [0, 0.1) is 5.82 Å². The summed E-state index contributed by atoms with van der Waals surface area (Å²) in [6, 6.07) is 10.8. The zero-order chi connectivity index (χ0) is 25.8. The van der Waals surface area contributed by atoms with Crippen LogP contribution in [-0.2, 0) is 27.4 Å². The molecule has 1 aromatic heterocycles. The second-order valence-corrected chi connectivity index (χ2v) is 9.83. The Labute approximate surface area is 215 Å². The van der Waals surface area contributed by atoms with Crippen molar-refractivity contribution in [2.75, 3.05) is 26.8 Å². The number of ether oxygens (including phenoxy) is 1. The van der Waals surface area contributed by atoms with E-state index in [4.69, 9.17) is 4.74 Å². The Morgan fingerprint density at radius 1 is 1.06 bits per heavy atom. The van der Waals surface area contributed by atoms with Crippen LogP contribution in [0.3, 0.4) is 0 Å². The summed E-state index contributed by atoms with van der Waals surface area (Å²) in [5, 5.41) is 0. The molecule has 6 nitrogen and oxygen atoms in total. The van der Waals surface area contributed by atoms with Gasteiger partial charge in [0, 0.05) is 44.6 Å². The zero-order valence-corrected chi connectivity index (χ0v) is 22.0. The minimum absolute atomic E-state index is 0.00335. The molecular weight excluding hydrogens is 457 g/mol. The molecule has 0 N–H and O–H groups in total. The van der Waals surface area contributed by atoms with Gasteiger partial charge in [0.05, 0.1) is 19.7 Å². The highest BCUT2D eigenvalue weighted by Crippen LogP contribution is 2.25. The smallest absolute Gasteiger partial charge is 0.242 e. The first-order valence-electron chi connectivity index (χ1n) is 13.5. The lowest BCUT2D eigenvalue weighted by molar-refractivity contribution is -0.143. The van der Waals surface area contributed by atoms with Crippen LogP contribution >= 0.6 is 0 Å². The summed E-state index contributed by atoms with van der Waals surface area (Å²) in [5.74, 6) is -0.226. The van der Waals surface area contributed by atoms with Gasteiger partial charge in [0.1, 0.15) is 5.82 Å². The minimum Gasteiger partial charge on any atom is -0.383 e. The van der Waals surface area contributed by atoms with E-state index in [1.54, 1.807) is 24.1 Å². The largest absolute Gasteiger partial charge is 0.383 e. The molecule has 0 unspecified atom stereocenters. The molecule has 0 spiro atoms. The highest BCUT2D eigenvalue weighted by atomic mass is 19.1. The average Bonchev–Trinajstić information content (AvgIpc) is 3.33. The maximum atomic E-state index is 13.7. The number of hydrogen-bond donors (Lipinski definition) is 0. The molecule has 1 fully saturated rings. The standard InChI is InChI=1S/C29H42FN3O3/c1-3-4-6-13-28(34)32(19-20-36-2)23-29(35)33(26-10-7-5-8-11-26)22-27-12-9-18-31(27)21-24-14-16-25(30)17-15-24/h9,12,14-18,26H,3-8,10-11,13,19-23H2,1-2H3. The molecule has 0 atom stereocenters. The number of aromatic nitrogens is 1. The number of carbonyl (C=O) groups excluding carboxylic acids is 2. The SMILES string of the molecule is CCCCCC(=O)N(CCOC)CC(=O)N(Cc1cccn1Cc1ccc(F)cc1)C1CCCCC1. The molecule has 1 aliphatic carbocycles. The van der Waals surface area contributed by atoms with Crippen molar-refractivity contribution in [3.63, 3.8) is 0 Å². The fraction of sp³-hybridized carbons (Fsp3) is 0.586. The summed E-state index contributed by atoms with van der Waals surface area (Å²) >= 11 is 0. The van der Waals surface area contributed by atoms with Crippen molar-refractivity contribution in [2.24, 2.45) is 0 Å². The molecule has 198 valence electrons. The number of unbranched alkanes of at least 4 members (excludes halogenated alkanes) is 2. The van der Waals surface area contributed by atoms with Gasteiger partial charge in [-0.1, -0.05) is 51.2 Å². The van der Waals surface area contributed by atoms with E-state index >= 15 is 0 Å². The van der Waals surface area contributed by atoms with E-state index in [0.29, 0.717) is 32.7 Å². The summed E-state index contributed by atoms with van der Waals surface area (Å²) in [6.45, 7) is 4.16. The van der Waals surface area contributed by atoms with E-state index in [0.717, 1.165) is 56.2 Å². The molecule has 1 saturated carbocycles. The van der Waals surface area contributed by atoms with E-state index in [1.165, 1.54) is 18.6 Å². The van der Waals surface area contributed by atoms with E-state index in [9.17, 15) is 14.0 Å². The van der Waals surface area contributed by atoms with Gasteiger partial charge in [0.25, 0.3) is 0 Å². The normalized spacial score (nSPS) is 14.1. The number of nitrogens with zero attached hydrogens (tertiary/aromatic N) is 3. The lowest BCUT2D eigenvalue weighted by atomic mass is 9.94. The van der Waals surface area contributed by atoms with Crippen LogP contribution in [0.5, 0.6) is 0 Å². The number of rotatable bonds is 14. The van der Waals surface area contributed by atoms with Crippen molar-refractivity contribution in [3.05, 3.63) is 59.7 Å². The van der Waals surface area contributed by atoms with Gasteiger partial charge in [-0.15, -0.1) is 0 Å².